The number of hydrogen-bond donors (Lipinski definition) is 1. The van der Waals surface area contributed by atoms with E-state index in [4.69, 9.17) is 4.74 Å². The molecule has 1 amide bonds. The zero-order valence-electron chi connectivity index (χ0n) is 16.0. The number of ether oxygens (including phenoxy) is 2. The summed E-state index contributed by atoms with van der Waals surface area (Å²) in [6.45, 7) is 1.88. The van der Waals surface area contributed by atoms with Gasteiger partial charge in [-0.05, 0) is 41.0 Å². The molecule has 0 saturated heterocycles. The molecule has 0 radical (unpaired) electrons. The Bertz CT molecular complexity index is 961. The van der Waals surface area contributed by atoms with Gasteiger partial charge < -0.3 is 14.8 Å². The average molecular weight is 377 g/mol. The molecule has 0 aromatic heterocycles. The lowest BCUT2D eigenvalue weighted by Gasteiger charge is -2.17. The van der Waals surface area contributed by atoms with E-state index in [1.807, 2.05) is 31.2 Å². The van der Waals surface area contributed by atoms with Crippen LogP contribution in [0.3, 0.4) is 0 Å². The third kappa shape index (κ3) is 4.88. The summed E-state index contributed by atoms with van der Waals surface area (Å²) in [7, 11) is 1.36. The van der Waals surface area contributed by atoms with Crippen molar-refractivity contribution in [2.45, 2.75) is 19.4 Å². The van der Waals surface area contributed by atoms with E-state index >= 15 is 0 Å². The van der Waals surface area contributed by atoms with Crippen molar-refractivity contribution in [1.82, 2.24) is 5.32 Å². The second-order valence-corrected chi connectivity index (χ2v) is 6.54. The maximum Gasteiger partial charge on any atom is 0.309 e. The zero-order chi connectivity index (χ0) is 19.9. The van der Waals surface area contributed by atoms with Crippen LogP contribution in [-0.2, 0) is 20.7 Å². The minimum atomic E-state index is -0.296. The Morgan fingerprint density at radius 1 is 0.964 bits per heavy atom. The van der Waals surface area contributed by atoms with Crippen LogP contribution >= 0.6 is 0 Å². The van der Waals surface area contributed by atoms with Crippen molar-refractivity contribution >= 4 is 22.6 Å². The number of hydrogen-bond acceptors (Lipinski definition) is 4. The zero-order valence-corrected chi connectivity index (χ0v) is 16.0. The highest BCUT2D eigenvalue weighted by molar-refractivity contribution is 5.87. The molecule has 0 aliphatic carbocycles. The molecular formula is C23H23NO4. The Balaban J connectivity index is 1.56. The molecule has 1 N–H and O–H groups in total. The SMILES string of the molecule is COC(=O)Cc1ccc(OCC(=O)N[C@H](C)c2cccc3ccccc23)cc1. The third-order valence-electron chi connectivity index (χ3n) is 4.54. The molecule has 144 valence electrons. The molecule has 0 bridgehead atoms. The van der Waals surface area contributed by atoms with Crippen molar-refractivity contribution in [3.8, 4) is 5.75 Å². The Labute approximate surface area is 164 Å². The fourth-order valence-corrected chi connectivity index (χ4v) is 3.08. The third-order valence-corrected chi connectivity index (χ3v) is 4.54. The van der Waals surface area contributed by atoms with Crippen LogP contribution in [0.15, 0.2) is 66.7 Å². The number of benzene rings is 3. The molecule has 3 aromatic rings. The molecule has 0 fully saturated rings. The van der Waals surface area contributed by atoms with Gasteiger partial charge in [0.15, 0.2) is 6.61 Å². The molecule has 5 nitrogen and oxygen atoms in total. The minimum absolute atomic E-state index is 0.0779. The highest BCUT2D eigenvalue weighted by atomic mass is 16.5. The number of amides is 1. The lowest BCUT2D eigenvalue weighted by molar-refractivity contribution is -0.139. The predicted octanol–water partition coefficient (Wildman–Crippen LogP) is 3.81. The van der Waals surface area contributed by atoms with E-state index in [0.717, 1.165) is 21.9 Å². The van der Waals surface area contributed by atoms with E-state index in [2.05, 4.69) is 28.3 Å². The van der Waals surface area contributed by atoms with Crippen molar-refractivity contribution in [1.29, 1.82) is 0 Å². The molecule has 3 aromatic carbocycles. The van der Waals surface area contributed by atoms with Crippen LogP contribution in [0.25, 0.3) is 10.8 Å². The number of methoxy groups -OCH3 is 1. The first-order valence-electron chi connectivity index (χ1n) is 9.12. The van der Waals surface area contributed by atoms with E-state index < -0.39 is 0 Å². The van der Waals surface area contributed by atoms with Gasteiger partial charge in [-0.3, -0.25) is 9.59 Å². The quantitative estimate of drug-likeness (QED) is 0.636. The molecule has 0 saturated carbocycles. The number of nitrogens with one attached hydrogen (secondary N) is 1. The Morgan fingerprint density at radius 3 is 2.43 bits per heavy atom. The number of esters is 1. The van der Waals surface area contributed by atoms with Crippen LogP contribution in [0.2, 0.25) is 0 Å². The molecule has 0 unspecified atom stereocenters. The Hall–Kier alpha value is -3.34. The van der Waals surface area contributed by atoms with Gasteiger partial charge in [0.25, 0.3) is 5.91 Å². The van der Waals surface area contributed by atoms with Gasteiger partial charge in [0.1, 0.15) is 5.75 Å². The fraction of sp³-hybridized carbons (Fsp3) is 0.217. The first-order chi connectivity index (χ1) is 13.6. The van der Waals surface area contributed by atoms with Gasteiger partial charge in [0.05, 0.1) is 19.6 Å². The molecule has 0 aliphatic rings. The number of carbonyl (C=O) groups is 2. The fourth-order valence-electron chi connectivity index (χ4n) is 3.08. The van der Waals surface area contributed by atoms with Crippen LogP contribution in [0.1, 0.15) is 24.1 Å². The van der Waals surface area contributed by atoms with Crippen LogP contribution in [0, 0.1) is 0 Å². The molecular weight excluding hydrogens is 354 g/mol. The minimum Gasteiger partial charge on any atom is -0.484 e. The van der Waals surface area contributed by atoms with Gasteiger partial charge in [0.2, 0.25) is 0 Å². The summed E-state index contributed by atoms with van der Waals surface area (Å²) in [5.74, 6) is 0.0797. The summed E-state index contributed by atoms with van der Waals surface area (Å²) in [5, 5.41) is 5.25. The van der Waals surface area contributed by atoms with Gasteiger partial charge in [-0.25, -0.2) is 0 Å². The van der Waals surface area contributed by atoms with Gasteiger partial charge >= 0.3 is 5.97 Å². The highest BCUT2D eigenvalue weighted by Gasteiger charge is 2.13. The normalized spacial score (nSPS) is 11.6. The van der Waals surface area contributed by atoms with E-state index in [0.29, 0.717) is 5.75 Å². The summed E-state index contributed by atoms with van der Waals surface area (Å²) in [5.41, 5.74) is 1.90. The smallest absolute Gasteiger partial charge is 0.309 e. The van der Waals surface area contributed by atoms with E-state index in [9.17, 15) is 9.59 Å². The molecule has 1 atom stereocenters. The second kappa shape index (κ2) is 9.04. The van der Waals surface area contributed by atoms with E-state index in [1.165, 1.54) is 7.11 Å². The maximum absolute atomic E-state index is 12.3. The van der Waals surface area contributed by atoms with Crippen molar-refractivity contribution in [3.63, 3.8) is 0 Å². The number of rotatable bonds is 7. The van der Waals surface area contributed by atoms with Crippen molar-refractivity contribution < 1.29 is 19.1 Å². The Morgan fingerprint density at radius 2 is 1.68 bits per heavy atom. The van der Waals surface area contributed by atoms with Gasteiger partial charge in [-0.15, -0.1) is 0 Å². The maximum atomic E-state index is 12.3. The Kier molecular flexibility index (Phi) is 6.27. The van der Waals surface area contributed by atoms with Crippen LogP contribution < -0.4 is 10.1 Å². The molecule has 28 heavy (non-hydrogen) atoms. The summed E-state index contributed by atoms with van der Waals surface area (Å²) in [6, 6.07) is 21.1. The highest BCUT2D eigenvalue weighted by Crippen LogP contribution is 2.24. The summed E-state index contributed by atoms with van der Waals surface area (Å²) in [4.78, 5) is 23.6. The van der Waals surface area contributed by atoms with E-state index in [1.54, 1.807) is 24.3 Å². The first kappa shape index (κ1) is 19.4. The first-order valence-corrected chi connectivity index (χ1v) is 9.12. The van der Waals surface area contributed by atoms with Gasteiger partial charge in [-0.2, -0.15) is 0 Å². The average Bonchev–Trinajstić information content (AvgIpc) is 2.72. The molecule has 0 heterocycles. The van der Waals surface area contributed by atoms with Crippen LogP contribution in [0.4, 0.5) is 0 Å². The van der Waals surface area contributed by atoms with Crippen molar-refractivity contribution in [2.75, 3.05) is 13.7 Å². The topological polar surface area (TPSA) is 64.6 Å². The predicted molar refractivity (Wildman–Crippen MR) is 108 cm³/mol. The number of fused-ring (bicyclic) bond motifs is 1. The second-order valence-electron chi connectivity index (χ2n) is 6.54. The standard InChI is InChI=1S/C23H23NO4/c1-16(20-9-5-7-18-6-3-4-8-21(18)20)24-22(25)15-28-19-12-10-17(11-13-19)14-23(26)27-2/h3-13,16H,14-15H2,1-2H3,(H,24,25)/t16-/m1/s1. The lowest BCUT2D eigenvalue weighted by Crippen LogP contribution is -2.31. The summed E-state index contributed by atoms with van der Waals surface area (Å²) in [6.07, 6.45) is 0.208. The van der Waals surface area contributed by atoms with Crippen molar-refractivity contribution in [3.05, 3.63) is 77.9 Å². The largest absolute Gasteiger partial charge is 0.484 e. The van der Waals surface area contributed by atoms with Gasteiger partial charge in [-0.1, -0.05) is 54.6 Å². The summed E-state index contributed by atoms with van der Waals surface area (Å²) < 4.78 is 10.2. The molecule has 3 rings (SSSR count). The number of carbonyl (C=O) groups excluding carboxylic acids is 2. The van der Waals surface area contributed by atoms with E-state index in [-0.39, 0.29) is 30.9 Å². The van der Waals surface area contributed by atoms with Crippen molar-refractivity contribution in [2.24, 2.45) is 0 Å². The molecule has 0 aliphatic heterocycles. The van der Waals surface area contributed by atoms with Crippen LogP contribution in [0.5, 0.6) is 5.75 Å². The monoisotopic (exact) mass is 377 g/mol. The molecule has 5 heteroatoms. The van der Waals surface area contributed by atoms with Crippen LogP contribution in [-0.4, -0.2) is 25.6 Å². The lowest BCUT2D eigenvalue weighted by atomic mass is 10.00. The van der Waals surface area contributed by atoms with Gasteiger partial charge in [0, 0.05) is 0 Å². The summed E-state index contributed by atoms with van der Waals surface area (Å²) >= 11 is 0. The molecule has 0 spiro atoms.